The van der Waals surface area contributed by atoms with Crippen LogP contribution in [0.3, 0.4) is 0 Å². The molecule has 0 amide bonds. The molecule has 0 fully saturated rings. The quantitative estimate of drug-likeness (QED) is 0.708. The number of hydrogen-bond acceptors (Lipinski definition) is 4. The van der Waals surface area contributed by atoms with Gasteiger partial charge in [0.25, 0.3) is 0 Å². The summed E-state index contributed by atoms with van der Waals surface area (Å²) in [7, 11) is 1.59. The molecule has 1 heterocycles. The predicted molar refractivity (Wildman–Crippen MR) is 100 cm³/mol. The maximum atomic E-state index is 14.0. The van der Waals surface area contributed by atoms with Gasteiger partial charge in [-0.3, -0.25) is 0 Å². The van der Waals surface area contributed by atoms with Crippen LogP contribution in [0, 0.1) is 24.1 Å². The predicted octanol–water partition coefficient (Wildman–Crippen LogP) is 4.98. The Kier molecular flexibility index (Phi) is 4.79. The summed E-state index contributed by atoms with van der Waals surface area (Å²) in [5.74, 6) is 0.246. The zero-order chi connectivity index (χ0) is 18.8. The molecule has 0 saturated carbocycles. The van der Waals surface area contributed by atoms with Gasteiger partial charge in [-0.05, 0) is 54.4 Å². The molecular formula is C20H15ClFN3O. The number of nitriles is 1. The minimum Gasteiger partial charge on any atom is -0.497 e. The van der Waals surface area contributed by atoms with Crippen LogP contribution in [-0.4, -0.2) is 12.1 Å². The normalized spacial score (nSPS) is 10.4. The van der Waals surface area contributed by atoms with Crippen LogP contribution in [0.4, 0.5) is 10.2 Å². The van der Waals surface area contributed by atoms with Crippen molar-refractivity contribution in [2.45, 2.75) is 6.92 Å². The maximum absolute atomic E-state index is 14.0. The molecule has 2 N–H and O–H groups in total. The fourth-order valence-electron chi connectivity index (χ4n) is 2.85. The van der Waals surface area contributed by atoms with E-state index in [0.717, 1.165) is 11.1 Å². The molecular weight excluding hydrogens is 353 g/mol. The number of benzene rings is 2. The topological polar surface area (TPSA) is 71.9 Å². The van der Waals surface area contributed by atoms with Crippen LogP contribution < -0.4 is 10.5 Å². The first-order chi connectivity index (χ1) is 12.5. The van der Waals surface area contributed by atoms with Crippen LogP contribution in [0.1, 0.15) is 11.1 Å². The van der Waals surface area contributed by atoms with Crippen molar-refractivity contribution in [2.75, 3.05) is 12.8 Å². The van der Waals surface area contributed by atoms with Crippen LogP contribution >= 0.6 is 11.6 Å². The first kappa shape index (κ1) is 17.7. The Bertz CT molecular complexity index is 1030. The summed E-state index contributed by atoms with van der Waals surface area (Å²) < 4.78 is 19.1. The molecule has 0 aliphatic carbocycles. The van der Waals surface area contributed by atoms with Crippen LogP contribution in [0.2, 0.25) is 5.02 Å². The summed E-state index contributed by atoms with van der Waals surface area (Å²) in [6.07, 6.45) is 0. The second kappa shape index (κ2) is 7.03. The lowest BCUT2D eigenvalue weighted by atomic mass is 9.93. The van der Waals surface area contributed by atoms with Crippen molar-refractivity contribution in [3.8, 4) is 34.2 Å². The lowest BCUT2D eigenvalue weighted by Gasteiger charge is -2.15. The summed E-state index contributed by atoms with van der Waals surface area (Å²) in [6, 6.07) is 13.8. The zero-order valence-corrected chi connectivity index (χ0v) is 14.9. The molecule has 0 unspecified atom stereocenters. The highest BCUT2D eigenvalue weighted by Crippen LogP contribution is 2.37. The number of aromatic nitrogens is 1. The minimum atomic E-state index is -0.561. The Morgan fingerprint density at radius 1 is 1.15 bits per heavy atom. The highest BCUT2D eigenvalue weighted by Gasteiger charge is 2.19. The number of halogens is 2. The number of pyridine rings is 1. The SMILES string of the molecule is COc1ccc(-c2nc(N)c(C#N)c(-c3ccc(Cl)c(F)c3)c2C)cc1. The van der Waals surface area contributed by atoms with Crippen molar-refractivity contribution in [3.05, 3.63) is 64.4 Å². The Morgan fingerprint density at radius 2 is 1.81 bits per heavy atom. The number of hydrogen-bond donors (Lipinski definition) is 1. The van der Waals surface area contributed by atoms with Gasteiger partial charge in [-0.1, -0.05) is 17.7 Å². The van der Waals surface area contributed by atoms with Gasteiger partial charge in [-0.2, -0.15) is 5.26 Å². The molecule has 0 radical (unpaired) electrons. The average Bonchev–Trinajstić information content (AvgIpc) is 2.65. The molecule has 130 valence electrons. The van der Waals surface area contributed by atoms with E-state index in [1.165, 1.54) is 12.1 Å². The van der Waals surface area contributed by atoms with Gasteiger partial charge in [0.2, 0.25) is 0 Å². The van der Waals surface area contributed by atoms with Gasteiger partial charge in [0.15, 0.2) is 0 Å². The van der Waals surface area contributed by atoms with Gasteiger partial charge in [-0.25, -0.2) is 9.37 Å². The Hall–Kier alpha value is -3.10. The minimum absolute atomic E-state index is 0.0160. The first-order valence-electron chi connectivity index (χ1n) is 7.76. The van der Waals surface area contributed by atoms with Crippen LogP contribution in [0.5, 0.6) is 5.75 Å². The second-order valence-electron chi connectivity index (χ2n) is 5.69. The molecule has 0 atom stereocenters. The summed E-state index contributed by atoms with van der Waals surface area (Å²) in [4.78, 5) is 4.39. The van der Waals surface area contributed by atoms with Crippen molar-refractivity contribution < 1.29 is 9.13 Å². The van der Waals surface area contributed by atoms with Crippen LogP contribution in [0.15, 0.2) is 42.5 Å². The first-order valence-corrected chi connectivity index (χ1v) is 8.14. The lowest BCUT2D eigenvalue weighted by molar-refractivity contribution is 0.415. The van der Waals surface area contributed by atoms with Crippen LogP contribution in [0.25, 0.3) is 22.4 Å². The summed E-state index contributed by atoms with van der Waals surface area (Å²) in [6.45, 7) is 1.83. The molecule has 4 nitrogen and oxygen atoms in total. The molecule has 26 heavy (non-hydrogen) atoms. The molecule has 3 aromatic rings. The van der Waals surface area contributed by atoms with E-state index in [2.05, 4.69) is 11.1 Å². The van der Waals surface area contributed by atoms with Gasteiger partial charge in [-0.15, -0.1) is 0 Å². The largest absolute Gasteiger partial charge is 0.497 e. The lowest BCUT2D eigenvalue weighted by Crippen LogP contribution is -2.03. The van der Waals surface area contributed by atoms with Crippen molar-refractivity contribution in [1.29, 1.82) is 5.26 Å². The summed E-state index contributed by atoms with van der Waals surface area (Å²) in [5, 5.41) is 9.55. The number of methoxy groups -OCH3 is 1. The molecule has 1 aromatic heterocycles. The molecule has 6 heteroatoms. The third-order valence-corrected chi connectivity index (χ3v) is 4.46. The number of rotatable bonds is 3. The Labute approximate surface area is 155 Å². The maximum Gasteiger partial charge on any atom is 0.142 e. The summed E-state index contributed by atoms with van der Waals surface area (Å²) >= 11 is 5.78. The highest BCUT2D eigenvalue weighted by atomic mass is 35.5. The number of nitrogens with zero attached hydrogens (tertiary/aromatic N) is 2. The third kappa shape index (κ3) is 3.07. The average molecular weight is 368 g/mol. The van der Waals surface area contributed by atoms with E-state index in [-0.39, 0.29) is 16.4 Å². The fourth-order valence-corrected chi connectivity index (χ4v) is 2.97. The van der Waals surface area contributed by atoms with Gasteiger partial charge in [0.1, 0.15) is 29.0 Å². The van der Waals surface area contributed by atoms with Crippen LogP contribution in [-0.2, 0) is 0 Å². The second-order valence-corrected chi connectivity index (χ2v) is 6.10. The fraction of sp³-hybridized carbons (Fsp3) is 0.100. The van der Waals surface area contributed by atoms with Gasteiger partial charge < -0.3 is 10.5 Å². The molecule has 3 rings (SSSR count). The number of nitrogens with two attached hydrogens (primary N) is 1. The molecule has 0 bridgehead atoms. The molecule has 0 saturated heterocycles. The van der Waals surface area contributed by atoms with E-state index in [1.807, 2.05) is 31.2 Å². The Balaban J connectivity index is 2.27. The van der Waals surface area contributed by atoms with E-state index in [0.29, 0.717) is 22.6 Å². The number of nitrogen functional groups attached to an aromatic ring is 1. The van der Waals surface area contributed by atoms with Crippen molar-refractivity contribution in [1.82, 2.24) is 4.98 Å². The van der Waals surface area contributed by atoms with E-state index in [1.54, 1.807) is 13.2 Å². The standard InChI is InChI=1S/C20H15ClFN3O/c1-11-18(13-5-8-16(21)17(22)9-13)15(10-23)20(24)25-19(11)12-3-6-14(26-2)7-4-12/h3-9H,1-2H3,(H2,24,25). The van der Waals surface area contributed by atoms with Crippen molar-refractivity contribution in [2.24, 2.45) is 0 Å². The van der Waals surface area contributed by atoms with Crippen molar-refractivity contribution >= 4 is 17.4 Å². The van der Waals surface area contributed by atoms with Gasteiger partial charge in [0.05, 0.1) is 17.8 Å². The van der Waals surface area contributed by atoms with Crippen molar-refractivity contribution in [3.63, 3.8) is 0 Å². The smallest absolute Gasteiger partial charge is 0.142 e. The summed E-state index contributed by atoms with van der Waals surface area (Å²) in [5.41, 5.74) is 9.45. The number of ether oxygens (including phenoxy) is 1. The highest BCUT2D eigenvalue weighted by molar-refractivity contribution is 6.30. The van der Waals surface area contributed by atoms with E-state index in [4.69, 9.17) is 22.1 Å². The van der Waals surface area contributed by atoms with Gasteiger partial charge >= 0.3 is 0 Å². The number of anilines is 1. The monoisotopic (exact) mass is 367 g/mol. The molecule has 0 aliphatic rings. The van der Waals surface area contributed by atoms with E-state index >= 15 is 0 Å². The Morgan fingerprint density at radius 3 is 2.38 bits per heavy atom. The van der Waals surface area contributed by atoms with Gasteiger partial charge in [0, 0.05) is 11.1 Å². The molecule has 2 aromatic carbocycles. The zero-order valence-electron chi connectivity index (χ0n) is 14.2. The molecule has 0 aliphatic heterocycles. The van der Waals surface area contributed by atoms with E-state index < -0.39 is 5.82 Å². The van der Waals surface area contributed by atoms with E-state index in [9.17, 15) is 9.65 Å². The third-order valence-electron chi connectivity index (χ3n) is 4.15. The molecule has 0 spiro atoms.